The van der Waals surface area contributed by atoms with Crippen LogP contribution in [0, 0.1) is 0 Å². The topological polar surface area (TPSA) is 12.0 Å². The number of hydrogen-bond donors (Lipinski definition) is 1. The van der Waals surface area contributed by atoms with Gasteiger partial charge in [0.15, 0.2) is 0 Å². The maximum absolute atomic E-state index is 3.38. The Morgan fingerprint density at radius 2 is 1.93 bits per heavy atom. The van der Waals surface area contributed by atoms with Crippen LogP contribution in [0.4, 0.5) is 0 Å². The van der Waals surface area contributed by atoms with E-state index in [4.69, 9.17) is 0 Å². The molecule has 1 aromatic carbocycles. The molecule has 0 saturated carbocycles. The highest BCUT2D eigenvalue weighted by molar-refractivity contribution is 5.33. The van der Waals surface area contributed by atoms with Crippen LogP contribution in [0.15, 0.2) is 18.2 Å². The van der Waals surface area contributed by atoms with Gasteiger partial charge in [-0.3, -0.25) is 0 Å². The van der Waals surface area contributed by atoms with Crippen LogP contribution < -0.4 is 5.32 Å². The van der Waals surface area contributed by atoms with E-state index in [1.54, 1.807) is 11.1 Å². The molecule has 1 heteroatoms. The molecule has 1 aliphatic rings. The first-order valence-corrected chi connectivity index (χ1v) is 6.21. The van der Waals surface area contributed by atoms with E-state index in [9.17, 15) is 0 Å². The molecule has 0 amide bonds. The van der Waals surface area contributed by atoms with Gasteiger partial charge >= 0.3 is 0 Å². The first-order chi connectivity index (χ1) is 7.40. The Bertz CT molecular complexity index is 317. The number of aryl methyl sites for hydroxylation is 2. The lowest BCUT2D eigenvalue weighted by Gasteiger charge is -2.16. The van der Waals surface area contributed by atoms with Crippen molar-refractivity contribution in [2.24, 2.45) is 0 Å². The minimum absolute atomic E-state index is 1.07. The fourth-order valence-electron chi connectivity index (χ4n) is 2.35. The minimum Gasteiger partial charge on any atom is -0.317 e. The van der Waals surface area contributed by atoms with E-state index >= 15 is 0 Å². The molecule has 0 fully saturated rings. The molecule has 0 heterocycles. The lowest BCUT2D eigenvalue weighted by molar-refractivity contribution is 0.680. The third kappa shape index (κ3) is 2.82. The van der Waals surface area contributed by atoms with Gasteiger partial charge in [0.25, 0.3) is 0 Å². The van der Waals surface area contributed by atoms with Gasteiger partial charge in [0.2, 0.25) is 0 Å². The number of nitrogens with one attached hydrogen (secondary N) is 1. The molecule has 15 heavy (non-hydrogen) atoms. The van der Waals surface area contributed by atoms with Crippen LogP contribution in [0.5, 0.6) is 0 Å². The zero-order valence-electron chi connectivity index (χ0n) is 9.68. The van der Waals surface area contributed by atoms with Crippen LogP contribution in [-0.4, -0.2) is 13.1 Å². The fourth-order valence-corrected chi connectivity index (χ4v) is 2.35. The lowest BCUT2D eigenvalue weighted by atomic mass is 9.90. The van der Waals surface area contributed by atoms with Crippen molar-refractivity contribution in [2.45, 2.75) is 39.0 Å². The van der Waals surface area contributed by atoms with Crippen molar-refractivity contribution >= 4 is 0 Å². The van der Waals surface area contributed by atoms with Crippen LogP contribution in [0.2, 0.25) is 0 Å². The standard InChI is InChI=1S/C14H21N/c1-2-15-10-9-12-7-8-13-5-3-4-6-14(13)11-12/h7-8,11,15H,2-6,9-10H2,1H3. The summed E-state index contributed by atoms with van der Waals surface area (Å²) in [5, 5.41) is 3.38. The summed E-state index contributed by atoms with van der Waals surface area (Å²) < 4.78 is 0. The number of fused-ring (bicyclic) bond motifs is 1. The maximum atomic E-state index is 3.38. The predicted octanol–water partition coefficient (Wildman–Crippen LogP) is 2.72. The van der Waals surface area contributed by atoms with Crippen LogP contribution >= 0.6 is 0 Å². The second-order valence-corrected chi connectivity index (χ2v) is 4.41. The summed E-state index contributed by atoms with van der Waals surface area (Å²) in [7, 11) is 0. The van der Waals surface area contributed by atoms with Crippen LogP contribution in [0.3, 0.4) is 0 Å². The van der Waals surface area contributed by atoms with Crippen molar-refractivity contribution in [1.82, 2.24) is 5.32 Å². The van der Waals surface area contributed by atoms with E-state index < -0.39 is 0 Å². The highest BCUT2D eigenvalue weighted by atomic mass is 14.8. The van der Waals surface area contributed by atoms with Crippen molar-refractivity contribution in [3.05, 3.63) is 34.9 Å². The van der Waals surface area contributed by atoms with Gasteiger partial charge in [-0.05, 0) is 61.9 Å². The maximum Gasteiger partial charge on any atom is -0.000847 e. The van der Waals surface area contributed by atoms with Gasteiger partial charge in [0.1, 0.15) is 0 Å². The van der Waals surface area contributed by atoms with Crippen molar-refractivity contribution in [3.63, 3.8) is 0 Å². The van der Waals surface area contributed by atoms with E-state index in [-0.39, 0.29) is 0 Å². The summed E-state index contributed by atoms with van der Waals surface area (Å²) in [4.78, 5) is 0. The van der Waals surface area contributed by atoms with Gasteiger partial charge < -0.3 is 5.32 Å². The summed E-state index contributed by atoms with van der Waals surface area (Å²) in [6.45, 7) is 4.34. The summed E-state index contributed by atoms with van der Waals surface area (Å²) >= 11 is 0. The molecule has 82 valence electrons. The molecule has 0 spiro atoms. The van der Waals surface area contributed by atoms with Gasteiger partial charge in [0.05, 0.1) is 0 Å². The molecule has 0 aromatic heterocycles. The number of hydrogen-bond acceptors (Lipinski definition) is 1. The Morgan fingerprint density at radius 3 is 2.73 bits per heavy atom. The van der Waals surface area contributed by atoms with Gasteiger partial charge in [-0.2, -0.15) is 0 Å². The van der Waals surface area contributed by atoms with Crippen molar-refractivity contribution in [2.75, 3.05) is 13.1 Å². The fraction of sp³-hybridized carbons (Fsp3) is 0.571. The van der Waals surface area contributed by atoms with Crippen LogP contribution in [0.1, 0.15) is 36.5 Å². The zero-order chi connectivity index (χ0) is 10.5. The molecular formula is C14H21N. The summed E-state index contributed by atoms with van der Waals surface area (Å²) in [6.07, 6.45) is 6.52. The smallest absolute Gasteiger partial charge is 0.000847 e. The third-order valence-corrected chi connectivity index (χ3v) is 3.25. The first kappa shape index (κ1) is 10.7. The SMILES string of the molecule is CCNCCc1ccc2c(c1)CCCC2. The minimum atomic E-state index is 1.07. The Labute approximate surface area is 92.9 Å². The van der Waals surface area contributed by atoms with Crippen molar-refractivity contribution in [3.8, 4) is 0 Å². The van der Waals surface area contributed by atoms with Gasteiger partial charge in [0, 0.05) is 0 Å². The summed E-state index contributed by atoms with van der Waals surface area (Å²) in [5.74, 6) is 0. The molecule has 1 nitrogen and oxygen atoms in total. The Kier molecular flexibility index (Phi) is 3.79. The number of likely N-dealkylation sites (N-methyl/N-ethyl adjacent to an activating group) is 1. The average Bonchev–Trinajstić information content (AvgIpc) is 2.29. The molecule has 0 unspecified atom stereocenters. The zero-order valence-corrected chi connectivity index (χ0v) is 9.68. The van der Waals surface area contributed by atoms with E-state index in [0.717, 1.165) is 13.1 Å². The Balaban J connectivity index is 2.00. The van der Waals surface area contributed by atoms with E-state index in [1.165, 1.54) is 37.7 Å². The second-order valence-electron chi connectivity index (χ2n) is 4.41. The van der Waals surface area contributed by atoms with Gasteiger partial charge in [-0.1, -0.05) is 25.1 Å². The molecule has 1 aromatic rings. The summed E-state index contributed by atoms with van der Waals surface area (Å²) in [5.41, 5.74) is 4.69. The lowest BCUT2D eigenvalue weighted by Crippen LogP contribution is -2.16. The third-order valence-electron chi connectivity index (χ3n) is 3.25. The predicted molar refractivity (Wildman–Crippen MR) is 65.3 cm³/mol. The Hall–Kier alpha value is -0.820. The van der Waals surface area contributed by atoms with E-state index in [0.29, 0.717) is 0 Å². The van der Waals surface area contributed by atoms with E-state index in [2.05, 4.69) is 30.4 Å². The molecular weight excluding hydrogens is 182 g/mol. The van der Waals surface area contributed by atoms with Crippen LogP contribution in [-0.2, 0) is 19.3 Å². The molecule has 1 aliphatic carbocycles. The highest BCUT2D eigenvalue weighted by Crippen LogP contribution is 2.22. The molecule has 2 rings (SSSR count). The monoisotopic (exact) mass is 203 g/mol. The molecule has 0 atom stereocenters. The number of rotatable bonds is 4. The average molecular weight is 203 g/mol. The summed E-state index contributed by atoms with van der Waals surface area (Å²) in [6, 6.07) is 7.07. The normalized spacial score (nSPS) is 15.0. The first-order valence-electron chi connectivity index (χ1n) is 6.21. The largest absolute Gasteiger partial charge is 0.317 e. The van der Waals surface area contributed by atoms with Gasteiger partial charge in [-0.15, -0.1) is 0 Å². The molecule has 0 radical (unpaired) electrons. The van der Waals surface area contributed by atoms with Crippen molar-refractivity contribution < 1.29 is 0 Å². The molecule has 1 N–H and O–H groups in total. The molecule has 0 bridgehead atoms. The molecule has 0 saturated heterocycles. The highest BCUT2D eigenvalue weighted by Gasteiger charge is 2.08. The van der Waals surface area contributed by atoms with Crippen LogP contribution in [0.25, 0.3) is 0 Å². The Morgan fingerprint density at radius 1 is 1.13 bits per heavy atom. The van der Waals surface area contributed by atoms with E-state index in [1.807, 2.05) is 0 Å². The van der Waals surface area contributed by atoms with Crippen molar-refractivity contribution in [1.29, 1.82) is 0 Å². The molecule has 0 aliphatic heterocycles. The number of benzene rings is 1. The quantitative estimate of drug-likeness (QED) is 0.742. The van der Waals surface area contributed by atoms with Gasteiger partial charge in [-0.25, -0.2) is 0 Å². The second kappa shape index (κ2) is 5.32.